The number of benzene rings is 2. The molecule has 1 heterocycles. The van der Waals surface area contributed by atoms with Crippen molar-refractivity contribution < 1.29 is 21.6 Å². The molecule has 2 aromatic rings. The van der Waals surface area contributed by atoms with Crippen molar-refractivity contribution in [2.75, 3.05) is 39.1 Å². The Bertz CT molecular complexity index is 1060. The fourth-order valence-electron chi connectivity index (χ4n) is 3.37. The second kappa shape index (κ2) is 8.93. The molecule has 7 nitrogen and oxygen atoms in total. The van der Waals surface area contributed by atoms with E-state index in [0.29, 0.717) is 26.3 Å². The molecule has 1 unspecified atom stereocenters. The van der Waals surface area contributed by atoms with E-state index in [4.69, 9.17) is 4.74 Å². The number of nitrogens with one attached hydrogen (secondary N) is 1. The van der Waals surface area contributed by atoms with E-state index in [0.717, 1.165) is 17.4 Å². The number of hydrogen-bond donors (Lipinski definition) is 1. The lowest BCUT2D eigenvalue weighted by molar-refractivity contribution is 0.0172. The molecule has 0 amide bonds. The molecule has 1 saturated heterocycles. The first-order valence-corrected chi connectivity index (χ1v) is 12.7. The van der Waals surface area contributed by atoms with Crippen LogP contribution in [-0.4, -0.2) is 60.8 Å². The van der Waals surface area contributed by atoms with Gasteiger partial charge in [-0.05, 0) is 30.7 Å². The van der Waals surface area contributed by atoms with Crippen molar-refractivity contribution in [3.05, 3.63) is 59.7 Å². The van der Waals surface area contributed by atoms with Crippen molar-refractivity contribution in [2.24, 2.45) is 0 Å². The van der Waals surface area contributed by atoms with E-state index in [1.54, 1.807) is 0 Å². The van der Waals surface area contributed by atoms with Gasteiger partial charge in [0.05, 0.1) is 23.0 Å². The minimum absolute atomic E-state index is 0.0243. The van der Waals surface area contributed by atoms with E-state index in [2.05, 4.69) is 15.7 Å². The van der Waals surface area contributed by atoms with Crippen LogP contribution in [0.3, 0.4) is 0 Å². The molecule has 0 aliphatic carbocycles. The van der Waals surface area contributed by atoms with E-state index in [-0.39, 0.29) is 22.4 Å². The van der Waals surface area contributed by atoms with Gasteiger partial charge >= 0.3 is 0 Å². The molecular weight excluding hydrogens is 412 g/mol. The summed E-state index contributed by atoms with van der Waals surface area (Å²) in [4.78, 5) is 2.11. The standard InChI is InChI=1S/C20H26N2O5S2/c1-16-5-3-6-17(13-16)20(22-9-11-27-12-10-22)15-21-29(25,26)19-8-4-7-18(14-19)28(2,23)24/h3-8,13-14,20-21H,9-12,15H2,1-2H3. The first-order chi connectivity index (χ1) is 13.7. The zero-order valence-corrected chi connectivity index (χ0v) is 18.2. The van der Waals surface area contributed by atoms with Crippen molar-refractivity contribution in [2.45, 2.75) is 22.8 Å². The highest BCUT2D eigenvalue weighted by molar-refractivity contribution is 7.91. The molecule has 0 bridgehead atoms. The fourth-order valence-corrected chi connectivity index (χ4v) is 5.19. The monoisotopic (exact) mass is 438 g/mol. The van der Waals surface area contributed by atoms with Crippen molar-refractivity contribution in [3.63, 3.8) is 0 Å². The maximum Gasteiger partial charge on any atom is 0.240 e. The molecule has 0 spiro atoms. The summed E-state index contributed by atoms with van der Waals surface area (Å²) < 4.78 is 57.3. The smallest absolute Gasteiger partial charge is 0.240 e. The summed E-state index contributed by atoms with van der Waals surface area (Å²) in [5, 5.41) is 0. The lowest BCUT2D eigenvalue weighted by Crippen LogP contribution is -2.43. The van der Waals surface area contributed by atoms with Gasteiger partial charge in [0.15, 0.2) is 9.84 Å². The van der Waals surface area contributed by atoms with Crippen LogP contribution in [0, 0.1) is 6.92 Å². The van der Waals surface area contributed by atoms with Crippen LogP contribution in [0.25, 0.3) is 0 Å². The quantitative estimate of drug-likeness (QED) is 0.708. The third-order valence-electron chi connectivity index (χ3n) is 4.92. The minimum Gasteiger partial charge on any atom is -0.379 e. The van der Waals surface area contributed by atoms with Crippen molar-refractivity contribution in [1.29, 1.82) is 0 Å². The van der Waals surface area contributed by atoms with Crippen LogP contribution in [0.4, 0.5) is 0 Å². The van der Waals surface area contributed by atoms with Gasteiger partial charge in [-0.1, -0.05) is 35.9 Å². The maximum absolute atomic E-state index is 12.8. The molecule has 0 saturated carbocycles. The molecule has 0 radical (unpaired) electrons. The Labute approximate surface area is 172 Å². The maximum atomic E-state index is 12.8. The van der Waals surface area contributed by atoms with Gasteiger partial charge in [-0.2, -0.15) is 0 Å². The first-order valence-electron chi connectivity index (χ1n) is 9.35. The Hall–Kier alpha value is -1.78. The summed E-state index contributed by atoms with van der Waals surface area (Å²) in [5.74, 6) is 0. The summed E-state index contributed by atoms with van der Waals surface area (Å²) in [7, 11) is -7.36. The van der Waals surface area contributed by atoms with E-state index in [1.165, 1.54) is 24.3 Å². The van der Waals surface area contributed by atoms with Gasteiger partial charge in [0, 0.05) is 31.9 Å². The second-order valence-electron chi connectivity index (χ2n) is 7.18. The zero-order valence-electron chi connectivity index (χ0n) is 16.5. The Morgan fingerprint density at radius 2 is 1.66 bits per heavy atom. The van der Waals surface area contributed by atoms with Gasteiger partial charge in [0.1, 0.15) is 0 Å². The van der Waals surface area contributed by atoms with E-state index in [1.807, 2.05) is 25.1 Å². The molecule has 1 aliphatic heterocycles. The molecule has 158 valence electrons. The van der Waals surface area contributed by atoms with Crippen LogP contribution >= 0.6 is 0 Å². The molecule has 2 aromatic carbocycles. The molecule has 1 N–H and O–H groups in total. The number of nitrogens with zero attached hydrogens (tertiary/aromatic N) is 1. The SMILES string of the molecule is Cc1cccc(C(CNS(=O)(=O)c2cccc(S(C)(=O)=O)c2)N2CCOCC2)c1. The topological polar surface area (TPSA) is 92.8 Å². The van der Waals surface area contributed by atoms with Gasteiger partial charge in [-0.25, -0.2) is 21.6 Å². The molecule has 9 heteroatoms. The van der Waals surface area contributed by atoms with E-state index < -0.39 is 19.9 Å². The minimum atomic E-state index is -3.87. The molecule has 1 atom stereocenters. The predicted octanol–water partition coefficient (Wildman–Crippen LogP) is 1.75. The molecular formula is C20H26N2O5S2. The van der Waals surface area contributed by atoms with Crippen LogP contribution < -0.4 is 4.72 Å². The molecule has 1 fully saturated rings. The van der Waals surface area contributed by atoms with Crippen LogP contribution in [0.2, 0.25) is 0 Å². The van der Waals surface area contributed by atoms with Crippen LogP contribution in [-0.2, 0) is 24.6 Å². The van der Waals surface area contributed by atoms with E-state index in [9.17, 15) is 16.8 Å². The lowest BCUT2D eigenvalue weighted by Gasteiger charge is -2.35. The van der Waals surface area contributed by atoms with Gasteiger partial charge in [-0.3, -0.25) is 4.90 Å². The lowest BCUT2D eigenvalue weighted by atomic mass is 10.0. The molecule has 0 aromatic heterocycles. The Morgan fingerprint density at radius 3 is 2.31 bits per heavy atom. The third kappa shape index (κ3) is 5.64. The van der Waals surface area contributed by atoms with Crippen LogP contribution in [0.1, 0.15) is 17.2 Å². The van der Waals surface area contributed by atoms with Gasteiger partial charge in [0.2, 0.25) is 10.0 Å². The Balaban J connectivity index is 1.84. The summed E-state index contributed by atoms with van der Waals surface area (Å²) in [6.07, 6.45) is 1.05. The van der Waals surface area contributed by atoms with Crippen molar-refractivity contribution in [3.8, 4) is 0 Å². The fraction of sp³-hybridized carbons (Fsp3) is 0.400. The summed E-state index contributed by atoms with van der Waals surface area (Å²) in [6.45, 7) is 4.81. The zero-order chi connectivity index (χ0) is 21.1. The number of rotatable bonds is 7. The summed E-state index contributed by atoms with van der Waals surface area (Å²) in [6, 6.07) is 13.3. The Morgan fingerprint density at radius 1 is 1.00 bits per heavy atom. The first kappa shape index (κ1) is 21.9. The molecule has 1 aliphatic rings. The summed E-state index contributed by atoms with van der Waals surface area (Å²) >= 11 is 0. The molecule has 29 heavy (non-hydrogen) atoms. The van der Waals surface area contributed by atoms with Crippen LogP contribution in [0.5, 0.6) is 0 Å². The van der Waals surface area contributed by atoms with Crippen molar-refractivity contribution >= 4 is 19.9 Å². The third-order valence-corrected chi connectivity index (χ3v) is 7.46. The van der Waals surface area contributed by atoms with Gasteiger partial charge < -0.3 is 4.74 Å². The largest absolute Gasteiger partial charge is 0.379 e. The van der Waals surface area contributed by atoms with Gasteiger partial charge in [0.25, 0.3) is 0 Å². The number of ether oxygens (including phenoxy) is 1. The number of hydrogen-bond acceptors (Lipinski definition) is 6. The average molecular weight is 439 g/mol. The highest BCUT2D eigenvalue weighted by Crippen LogP contribution is 2.23. The second-order valence-corrected chi connectivity index (χ2v) is 11.0. The van der Waals surface area contributed by atoms with Crippen LogP contribution in [0.15, 0.2) is 58.3 Å². The number of sulfone groups is 1. The van der Waals surface area contributed by atoms with Gasteiger partial charge in [-0.15, -0.1) is 0 Å². The highest BCUT2D eigenvalue weighted by Gasteiger charge is 2.25. The highest BCUT2D eigenvalue weighted by atomic mass is 32.2. The predicted molar refractivity (Wildman–Crippen MR) is 111 cm³/mol. The summed E-state index contributed by atoms with van der Waals surface area (Å²) in [5.41, 5.74) is 2.13. The normalized spacial score (nSPS) is 17.2. The number of morpholine rings is 1. The number of aryl methyl sites for hydroxylation is 1. The van der Waals surface area contributed by atoms with E-state index >= 15 is 0 Å². The van der Waals surface area contributed by atoms with Crippen molar-refractivity contribution in [1.82, 2.24) is 9.62 Å². The molecule has 3 rings (SSSR count). The Kier molecular flexibility index (Phi) is 6.75. The average Bonchev–Trinajstić information content (AvgIpc) is 2.68. The number of sulfonamides is 1.